The maximum atomic E-state index is 12.7. The molecule has 0 saturated heterocycles. The molecule has 0 atom stereocenters. The number of rotatable bonds is 3. The lowest BCUT2D eigenvalue weighted by atomic mass is 10.1. The van der Waals surface area contributed by atoms with Crippen LogP contribution in [0.2, 0.25) is 5.02 Å². The lowest BCUT2D eigenvalue weighted by Gasteiger charge is -2.13. The molecular weight excluding hydrogens is 291 g/mol. The molecule has 1 saturated carbocycles. The zero-order valence-corrected chi connectivity index (χ0v) is 11.5. The topological polar surface area (TPSA) is 29.1 Å². The number of carbonyl (C=O) groups is 1. The maximum Gasteiger partial charge on any atom is 0.417 e. The highest BCUT2D eigenvalue weighted by atomic mass is 35.5. The van der Waals surface area contributed by atoms with Crippen molar-refractivity contribution in [2.75, 3.05) is 0 Å². The van der Waals surface area contributed by atoms with Gasteiger partial charge in [-0.3, -0.25) is 4.79 Å². The molecule has 1 aromatic carbocycles. The van der Waals surface area contributed by atoms with Crippen LogP contribution in [0.25, 0.3) is 0 Å². The number of halogens is 4. The van der Waals surface area contributed by atoms with Crippen LogP contribution in [0.15, 0.2) is 18.2 Å². The summed E-state index contributed by atoms with van der Waals surface area (Å²) in [5.41, 5.74) is -0.472. The lowest BCUT2D eigenvalue weighted by molar-refractivity contribution is -0.137. The second-order valence-corrected chi connectivity index (χ2v) is 5.42. The summed E-state index contributed by atoms with van der Waals surface area (Å²) in [6.07, 6.45) is -0.683. The Morgan fingerprint density at radius 2 is 1.95 bits per heavy atom. The molecule has 0 bridgehead atoms. The van der Waals surface area contributed by atoms with Crippen molar-refractivity contribution in [3.05, 3.63) is 34.3 Å². The number of hydrogen-bond acceptors (Lipinski definition) is 1. The van der Waals surface area contributed by atoms with Crippen LogP contribution in [0.1, 0.15) is 36.8 Å². The number of nitrogens with one attached hydrogen (secondary N) is 1. The van der Waals surface area contributed by atoms with Crippen molar-refractivity contribution in [1.82, 2.24) is 5.32 Å². The van der Waals surface area contributed by atoms with Gasteiger partial charge in [-0.2, -0.15) is 13.2 Å². The molecule has 1 aromatic rings. The van der Waals surface area contributed by atoms with Crippen molar-refractivity contribution in [1.29, 1.82) is 0 Å². The summed E-state index contributed by atoms with van der Waals surface area (Å²) in [7, 11) is 0. The quantitative estimate of drug-likeness (QED) is 0.892. The number of alkyl halides is 3. The molecular formula is C14H15ClF3NO. The van der Waals surface area contributed by atoms with Gasteiger partial charge in [-0.15, -0.1) is 0 Å². The van der Waals surface area contributed by atoms with E-state index in [0.717, 1.165) is 31.7 Å². The number of hydrogen-bond donors (Lipinski definition) is 1. The third-order valence-electron chi connectivity index (χ3n) is 3.53. The molecule has 20 heavy (non-hydrogen) atoms. The standard InChI is InChI=1S/C14H15ClF3NO/c15-12-6-5-9(7-11(12)14(16,17)18)8-19-13(20)10-3-1-2-4-10/h5-7,10H,1-4,8H2,(H,19,20). The van der Waals surface area contributed by atoms with Crippen LogP contribution in [0.3, 0.4) is 0 Å². The van der Waals surface area contributed by atoms with Crippen LogP contribution in [-0.2, 0) is 17.5 Å². The summed E-state index contributed by atoms with van der Waals surface area (Å²) in [6.45, 7) is 0.0928. The minimum atomic E-state index is -4.48. The van der Waals surface area contributed by atoms with Gasteiger partial charge in [0.25, 0.3) is 0 Å². The Bertz CT molecular complexity index is 496. The summed E-state index contributed by atoms with van der Waals surface area (Å²) in [4.78, 5) is 11.8. The Morgan fingerprint density at radius 1 is 1.30 bits per heavy atom. The lowest BCUT2D eigenvalue weighted by Crippen LogP contribution is -2.28. The van der Waals surface area contributed by atoms with Crippen molar-refractivity contribution in [3.8, 4) is 0 Å². The van der Waals surface area contributed by atoms with Gasteiger partial charge in [0.1, 0.15) is 0 Å². The van der Waals surface area contributed by atoms with Gasteiger partial charge in [0.2, 0.25) is 5.91 Å². The van der Waals surface area contributed by atoms with Gasteiger partial charge < -0.3 is 5.32 Å². The van der Waals surface area contributed by atoms with Gasteiger partial charge in [-0.05, 0) is 30.5 Å². The fourth-order valence-corrected chi connectivity index (χ4v) is 2.65. The summed E-state index contributed by atoms with van der Waals surface area (Å²) >= 11 is 5.54. The predicted molar refractivity (Wildman–Crippen MR) is 70.3 cm³/mol. The highest BCUT2D eigenvalue weighted by Crippen LogP contribution is 2.35. The molecule has 1 aliphatic carbocycles. The first-order chi connectivity index (χ1) is 9.38. The molecule has 0 heterocycles. The Hall–Kier alpha value is -1.23. The van der Waals surface area contributed by atoms with Crippen molar-refractivity contribution in [2.24, 2.45) is 5.92 Å². The summed E-state index contributed by atoms with van der Waals surface area (Å²) in [5.74, 6) is -0.0737. The molecule has 2 rings (SSSR count). The number of carbonyl (C=O) groups excluding carboxylic acids is 1. The highest BCUT2D eigenvalue weighted by Gasteiger charge is 2.33. The zero-order chi connectivity index (χ0) is 14.8. The maximum absolute atomic E-state index is 12.7. The third-order valence-corrected chi connectivity index (χ3v) is 3.86. The van der Waals surface area contributed by atoms with Crippen LogP contribution in [-0.4, -0.2) is 5.91 Å². The van der Waals surface area contributed by atoms with E-state index >= 15 is 0 Å². The van der Waals surface area contributed by atoms with Crippen LogP contribution >= 0.6 is 11.6 Å². The van der Waals surface area contributed by atoms with E-state index in [1.54, 1.807) is 0 Å². The van der Waals surface area contributed by atoms with E-state index < -0.39 is 11.7 Å². The molecule has 1 N–H and O–H groups in total. The molecule has 0 aliphatic heterocycles. The first kappa shape index (κ1) is 15.2. The first-order valence-electron chi connectivity index (χ1n) is 6.51. The molecule has 1 aliphatic rings. The molecule has 1 fully saturated rings. The SMILES string of the molecule is O=C(NCc1ccc(Cl)c(C(F)(F)F)c1)C1CCCC1. The second-order valence-electron chi connectivity index (χ2n) is 5.01. The van der Waals surface area contributed by atoms with Crippen molar-refractivity contribution in [2.45, 2.75) is 38.4 Å². The Balaban J connectivity index is 2.01. The summed E-state index contributed by atoms with van der Waals surface area (Å²) < 4.78 is 38.1. The summed E-state index contributed by atoms with van der Waals surface area (Å²) in [6, 6.07) is 3.69. The molecule has 1 amide bonds. The Morgan fingerprint density at radius 3 is 2.55 bits per heavy atom. The number of benzene rings is 1. The zero-order valence-electron chi connectivity index (χ0n) is 10.8. The average Bonchev–Trinajstić information content (AvgIpc) is 2.90. The van der Waals surface area contributed by atoms with E-state index in [2.05, 4.69) is 5.32 Å². The largest absolute Gasteiger partial charge is 0.417 e. The van der Waals surface area contributed by atoms with E-state index in [0.29, 0.717) is 5.56 Å². The van der Waals surface area contributed by atoms with E-state index in [1.165, 1.54) is 12.1 Å². The van der Waals surface area contributed by atoms with Gasteiger partial charge in [0.15, 0.2) is 0 Å². The minimum absolute atomic E-state index is 0.00406. The summed E-state index contributed by atoms with van der Waals surface area (Å²) in [5, 5.41) is 2.36. The van der Waals surface area contributed by atoms with Crippen LogP contribution in [0, 0.1) is 5.92 Å². The normalized spacial score (nSPS) is 16.4. The molecule has 0 spiro atoms. The fourth-order valence-electron chi connectivity index (χ4n) is 2.42. The molecule has 0 radical (unpaired) electrons. The average molecular weight is 306 g/mol. The first-order valence-corrected chi connectivity index (χ1v) is 6.89. The minimum Gasteiger partial charge on any atom is -0.352 e. The van der Waals surface area contributed by atoms with Crippen LogP contribution < -0.4 is 5.32 Å². The van der Waals surface area contributed by atoms with Crippen LogP contribution in [0.4, 0.5) is 13.2 Å². The Kier molecular flexibility index (Phi) is 4.58. The highest BCUT2D eigenvalue weighted by molar-refractivity contribution is 6.31. The van der Waals surface area contributed by atoms with E-state index in [1.807, 2.05) is 0 Å². The Labute approximate surface area is 120 Å². The van der Waals surface area contributed by atoms with Gasteiger partial charge in [-0.1, -0.05) is 30.5 Å². The van der Waals surface area contributed by atoms with E-state index in [-0.39, 0.29) is 23.4 Å². The molecule has 110 valence electrons. The molecule has 0 unspecified atom stereocenters. The van der Waals surface area contributed by atoms with Crippen molar-refractivity contribution in [3.63, 3.8) is 0 Å². The van der Waals surface area contributed by atoms with Gasteiger partial charge >= 0.3 is 6.18 Å². The van der Waals surface area contributed by atoms with Crippen LogP contribution in [0.5, 0.6) is 0 Å². The smallest absolute Gasteiger partial charge is 0.352 e. The van der Waals surface area contributed by atoms with Gasteiger partial charge in [0, 0.05) is 12.5 Å². The second kappa shape index (κ2) is 6.04. The number of amides is 1. The fraction of sp³-hybridized carbons (Fsp3) is 0.500. The van der Waals surface area contributed by atoms with E-state index in [9.17, 15) is 18.0 Å². The predicted octanol–water partition coefficient (Wildman–Crippen LogP) is 4.17. The molecule has 6 heteroatoms. The van der Waals surface area contributed by atoms with Crippen molar-refractivity contribution < 1.29 is 18.0 Å². The van der Waals surface area contributed by atoms with Crippen molar-refractivity contribution >= 4 is 17.5 Å². The third kappa shape index (κ3) is 3.66. The van der Waals surface area contributed by atoms with Gasteiger partial charge in [0.05, 0.1) is 10.6 Å². The van der Waals surface area contributed by atoms with Gasteiger partial charge in [-0.25, -0.2) is 0 Å². The molecule has 0 aromatic heterocycles. The monoisotopic (exact) mass is 305 g/mol. The van der Waals surface area contributed by atoms with E-state index in [4.69, 9.17) is 11.6 Å². The molecule has 2 nitrogen and oxygen atoms in total.